The van der Waals surface area contributed by atoms with Crippen molar-refractivity contribution in [2.24, 2.45) is 0 Å². The highest BCUT2D eigenvalue weighted by atomic mass is 19.1. The molecule has 47 heavy (non-hydrogen) atoms. The minimum Gasteiger partial charge on any atom is -0.505 e. The normalized spacial score (nSPS) is 20.0. The monoisotopic (exact) mass is 643 g/mol. The number of benzene rings is 3. The molecule has 0 saturated carbocycles. The fourth-order valence-electron chi connectivity index (χ4n) is 7.03. The number of phenolic OH excluding ortho intramolecular Hbond substituents is 1. The molecule has 2 saturated heterocycles. The molecule has 6 rings (SSSR count). The van der Waals surface area contributed by atoms with E-state index in [1.807, 2.05) is 49.7 Å². The van der Waals surface area contributed by atoms with Gasteiger partial charge in [-0.05, 0) is 86.1 Å². The van der Waals surface area contributed by atoms with Crippen LogP contribution in [0.3, 0.4) is 0 Å². The Labute approximate surface area is 276 Å². The maximum atomic E-state index is 14.6. The summed E-state index contributed by atoms with van der Waals surface area (Å²) in [6.45, 7) is 9.76. The quantitative estimate of drug-likeness (QED) is 0.0942. The summed E-state index contributed by atoms with van der Waals surface area (Å²) in [5.74, 6) is -1.72. The van der Waals surface area contributed by atoms with Gasteiger partial charge in [-0.3, -0.25) is 10.3 Å². The zero-order chi connectivity index (χ0) is 33.0. The van der Waals surface area contributed by atoms with Gasteiger partial charge in [0.15, 0.2) is 23.6 Å². The maximum absolute atomic E-state index is 14.6. The molecule has 2 atom stereocenters. The summed E-state index contributed by atoms with van der Waals surface area (Å²) in [7, 11) is 0. The molecule has 250 valence electrons. The lowest BCUT2D eigenvalue weighted by Gasteiger charge is -2.47. The van der Waals surface area contributed by atoms with E-state index in [9.17, 15) is 14.9 Å². The number of aryl methyl sites for hydroxylation is 1. The average molecular weight is 644 g/mol. The number of hydrogen-bond donors (Lipinski definition) is 3. The van der Waals surface area contributed by atoms with Crippen molar-refractivity contribution in [3.05, 3.63) is 83.3 Å². The first kappa shape index (κ1) is 33.1. The van der Waals surface area contributed by atoms with E-state index in [1.54, 1.807) is 0 Å². The van der Waals surface area contributed by atoms with Crippen LogP contribution in [0, 0.1) is 11.2 Å². The third kappa shape index (κ3) is 6.92. The number of halogens is 1. The highest BCUT2D eigenvalue weighted by Crippen LogP contribution is 2.35. The van der Waals surface area contributed by atoms with Crippen molar-refractivity contribution in [3.63, 3.8) is 0 Å². The Bertz CT molecular complexity index is 1680. The van der Waals surface area contributed by atoms with Gasteiger partial charge in [-0.25, -0.2) is 9.07 Å². The predicted molar refractivity (Wildman–Crippen MR) is 181 cm³/mol. The second-order valence-electron chi connectivity index (χ2n) is 12.4. The molecule has 3 N–H and O–H groups in total. The molecular weight excluding hydrogens is 597 g/mol. The molecule has 4 aromatic rings. The average Bonchev–Trinajstić information content (AvgIpc) is 3.47. The lowest BCUT2D eigenvalue weighted by molar-refractivity contribution is -0.265. The third-order valence-electron chi connectivity index (χ3n) is 9.33. The number of nitrogens with one attached hydrogen (secondary N) is 2. The van der Waals surface area contributed by atoms with Crippen LogP contribution in [0.2, 0.25) is 0 Å². The van der Waals surface area contributed by atoms with Crippen molar-refractivity contribution < 1.29 is 23.7 Å². The molecule has 2 fully saturated rings. The molecule has 0 amide bonds. The summed E-state index contributed by atoms with van der Waals surface area (Å²) < 4.78 is 35.3. The molecule has 0 bridgehead atoms. The Hall–Kier alpha value is -3.83. The van der Waals surface area contributed by atoms with E-state index in [1.165, 1.54) is 17.7 Å². The molecule has 0 radical (unpaired) electrons. The van der Waals surface area contributed by atoms with Gasteiger partial charge < -0.3 is 24.6 Å². The van der Waals surface area contributed by atoms with E-state index in [4.69, 9.17) is 19.3 Å². The molecule has 3 aromatic carbocycles. The van der Waals surface area contributed by atoms with Crippen molar-refractivity contribution in [2.45, 2.75) is 77.5 Å². The highest BCUT2D eigenvalue weighted by Gasteiger charge is 2.46. The van der Waals surface area contributed by atoms with Gasteiger partial charge in [-0.15, -0.1) is 0 Å². The van der Waals surface area contributed by atoms with Crippen molar-refractivity contribution in [1.29, 1.82) is 5.41 Å². The number of hydrogen-bond acceptors (Lipinski definition) is 7. The van der Waals surface area contributed by atoms with E-state index in [2.05, 4.69) is 34.5 Å². The number of ether oxygens (including phenoxy) is 3. The Balaban J connectivity index is 1.37. The zero-order valence-corrected chi connectivity index (χ0v) is 27.6. The number of nitrogens with zero attached hydrogens (tertiary/aromatic N) is 3. The summed E-state index contributed by atoms with van der Waals surface area (Å²) >= 11 is 0. The van der Waals surface area contributed by atoms with Gasteiger partial charge in [0.2, 0.25) is 0 Å². The van der Waals surface area contributed by atoms with Crippen LogP contribution >= 0.6 is 0 Å². The first-order chi connectivity index (χ1) is 22.9. The lowest BCUT2D eigenvalue weighted by atomic mass is 9.95. The Morgan fingerprint density at radius 3 is 2.57 bits per heavy atom. The molecule has 3 heterocycles. The van der Waals surface area contributed by atoms with E-state index in [0.29, 0.717) is 44.9 Å². The second kappa shape index (κ2) is 14.5. The molecule has 2 aliphatic rings. The molecule has 0 aliphatic carbocycles. The summed E-state index contributed by atoms with van der Waals surface area (Å²) in [5, 5.41) is 28.7. The van der Waals surface area contributed by atoms with E-state index >= 15 is 0 Å². The van der Waals surface area contributed by atoms with Crippen molar-refractivity contribution in [2.75, 3.05) is 32.9 Å². The van der Waals surface area contributed by atoms with Crippen molar-refractivity contribution in [1.82, 2.24) is 20.0 Å². The van der Waals surface area contributed by atoms with Crippen LogP contribution in [0.15, 0.2) is 60.7 Å². The molecule has 10 heteroatoms. The Kier molecular flexibility index (Phi) is 10.2. The number of piperidine rings is 1. The Morgan fingerprint density at radius 1 is 1.09 bits per heavy atom. The molecule has 2 aliphatic heterocycles. The van der Waals surface area contributed by atoms with Gasteiger partial charge in [0.05, 0.1) is 11.6 Å². The van der Waals surface area contributed by atoms with Gasteiger partial charge in [-0.1, -0.05) is 43.3 Å². The number of aromatic nitrogens is 2. The summed E-state index contributed by atoms with van der Waals surface area (Å²) in [6, 6.07) is 18.8. The van der Waals surface area contributed by atoms with Gasteiger partial charge >= 0.3 is 0 Å². The number of aromatic hydroxyl groups is 1. The first-order valence-electron chi connectivity index (χ1n) is 16.9. The van der Waals surface area contributed by atoms with Crippen molar-refractivity contribution >= 4 is 16.7 Å². The van der Waals surface area contributed by atoms with E-state index in [0.717, 1.165) is 59.9 Å². The van der Waals surface area contributed by atoms with Crippen LogP contribution in [0.25, 0.3) is 22.0 Å². The predicted octanol–water partition coefficient (Wildman–Crippen LogP) is 6.77. The molecule has 2 unspecified atom stereocenters. The summed E-state index contributed by atoms with van der Waals surface area (Å²) in [5.41, 5.74) is 4.92. The standard InChI is InChI=1S/C37H46FN5O4/c1-4-26-21-32(44)30(38)22-29(26)27-15-16-28-31(20-27)43(34-14-10-11-19-45-34)41-35(28)36(39)40-33-24-42(23-25-12-8-7-9-13-25)18-17-37(33,46-5-2)47-6-3/h7-9,12-13,15-16,20-22,33-34,44H,4-6,10-11,14,17-19,23-24H2,1-3H3,(H2,39,40). The van der Waals surface area contributed by atoms with Crippen LogP contribution in [0.1, 0.15) is 69.5 Å². The van der Waals surface area contributed by atoms with Gasteiger partial charge in [-0.2, -0.15) is 5.10 Å². The molecule has 0 spiro atoms. The van der Waals surface area contributed by atoms with Gasteiger partial charge in [0.1, 0.15) is 11.5 Å². The van der Waals surface area contributed by atoms with Gasteiger partial charge in [0.25, 0.3) is 0 Å². The highest BCUT2D eigenvalue weighted by molar-refractivity contribution is 6.07. The van der Waals surface area contributed by atoms with E-state index in [-0.39, 0.29) is 23.9 Å². The second-order valence-corrected chi connectivity index (χ2v) is 12.4. The zero-order valence-electron chi connectivity index (χ0n) is 27.6. The fraction of sp³-hybridized carbons (Fsp3) is 0.459. The number of likely N-dealkylation sites (tertiary alicyclic amines) is 1. The number of phenols is 1. The lowest BCUT2D eigenvalue weighted by Crippen LogP contribution is -2.64. The molecule has 1 aromatic heterocycles. The van der Waals surface area contributed by atoms with Crippen LogP contribution in [0.5, 0.6) is 5.75 Å². The van der Waals surface area contributed by atoms with Crippen LogP contribution in [0.4, 0.5) is 4.39 Å². The number of rotatable bonds is 11. The van der Waals surface area contributed by atoms with Crippen LogP contribution < -0.4 is 5.32 Å². The summed E-state index contributed by atoms with van der Waals surface area (Å²) in [4.78, 5) is 2.37. The number of amidine groups is 1. The van der Waals surface area contributed by atoms with Crippen LogP contribution in [-0.4, -0.2) is 70.4 Å². The smallest absolute Gasteiger partial charge is 0.190 e. The molecular formula is C37H46FN5O4. The Morgan fingerprint density at radius 2 is 1.87 bits per heavy atom. The van der Waals surface area contributed by atoms with Gasteiger partial charge in [0, 0.05) is 51.3 Å². The topological polar surface area (TPSA) is 105 Å². The minimum atomic E-state index is -0.888. The number of fused-ring (bicyclic) bond motifs is 1. The maximum Gasteiger partial charge on any atom is 0.190 e. The molecule has 9 nitrogen and oxygen atoms in total. The fourth-order valence-corrected chi connectivity index (χ4v) is 7.03. The minimum absolute atomic E-state index is 0.178. The SMILES string of the molecule is CCOC1(OCC)CCN(Cc2ccccc2)CC1NC(=N)c1nn(C2CCCCO2)c2cc(-c3cc(F)c(O)cc3CC)ccc12. The van der Waals surface area contributed by atoms with Crippen LogP contribution in [-0.2, 0) is 27.2 Å². The van der Waals surface area contributed by atoms with E-state index < -0.39 is 11.6 Å². The van der Waals surface area contributed by atoms with Crippen molar-refractivity contribution in [3.8, 4) is 16.9 Å². The summed E-state index contributed by atoms with van der Waals surface area (Å²) in [6.07, 6.45) is 3.84. The first-order valence-corrected chi connectivity index (χ1v) is 16.9. The largest absolute Gasteiger partial charge is 0.505 e. The third-order valence-corrected chi connectivity index (χ3v) is 9.33.